The fourth-order valence-electron chi connectivity index (χ4n) is 4.24. The summed E-state index contributed by atoms with van der Waals surface area (Å²) in [6.07, 6.45) is 3.88. The molecule has 0 radical (unpaired) electrons. The van der Waals surface area contributed by atoms with Crippen LogP contribution in [0.2, 0.25) is 0 Å². The number of amides is 1. The fraction of sp³-hybridized carbons (Fsp3) is 0.481. The Morgan fingerprint density at radius 2 is 1.89 bits per heavy atom. The van der Waals surface area contributed by atoms with Crippen LogP contribution in [0.25, 0.3) is 10.9 Å². The number of hydrogen-bond donors (Lipinski definition) is 2. The van der Waals surface area contributed by atoms with Crippen LogP contribution in [0.15, 0.2) is 47.4 Å². The zero-order chi connectivity index (χ0) is 27.6. The second-order valence-electron chi connectivity index (χ2n) is 8.70. The van der Waals surface area contributed by atoms with Crippen LogP contribution in [0.4, 0.5) is 0 Å². The normalized spacial score (nSPS) is 13.0. The van der Waals surface area contributed by atoms with Crippen molar-refractivity contribution < 1.29 is 22.7 Å². The van der Waals surface area contributed by atoms with Crippen LogP contribution in [-0.2, 0) is 26.1 Å². The molecule has 1 heterocycles. The molecule has 0 aliphatic rings. The number of benzene rings is 1. The molecule has 0 fully saturated rings. The van der Waals surface area contributed by atoms with E-state index in [0.717, 1.165) is 28.7 Å². The van der Waals surface area contributed by atoms with Crippen molar-refractivity contribution in [3.8, 4) is 0 Å². The molecule has 1 aromatic heterocycles. The van der Waals surface area contributed by atoms with Crippen molar-refractivity contribution in [2.24, 2.45) is 0 Å². The summed E-state index contributed by atoms with van der Waals surface area (Å²) in [6.45, 7) is 8.87. The summed E-state index contributed by atoms with van der Waals surface area (Å²) in [4.78, 5) is 25.0. The number of nitrogens with zero attached hydrogens (tertiary/aromatic N) is 2. The highest BCUT2D eigenvalue weighted by atomic mass is 32.2. The number of rotatable bonds is 15. The number of para-hydroxylation sites is 1. The second-order valence-corrected chi connectivity index (χ2v) is 11.0. The van der Waals surface area contributed by atoms with E-state index in [1.54, 1.807) is 20.0 Å². The number of aromatic nitrogens is 1. The predicted molar refractivity (Wildman–Crippen MR) is 148 cm³/mol. The number of hydrogen-bond acceptors (Lipinski definition) is 6. The lowest BCUT2D eigenvalue weighted by Gasteiger charge is -2.19. The Kier molecular flexibility index (Phi) is 11.4. The molecule has 1 aromatic carbocycles. The van der Waals surface area contributed by atoms with E-state index in [1.807, 2.05) is 45.0 Å². The summed E-state index contributed by atoms with van der Waals surface area (Å²) in [5.74, 6) is 0.203. The second kappa shape index (κ2) is 14.0. The van der Waals surface area contributed by atoms with Gasteiger partial charge in [0.2, 0.25) is 10.0 Å². The van der Waals surface area contributed by atoms with Gasteiger partial charge in [0, 0.05) is 49.0 Å². The smallest absolute Gasteiger partial charge is 0.254 e. The van der Waals surface area contributed by atoms with Crippen LogP contribution in [0.1, 0.15) is 49.7 Å². The highest BCUT2D eigenvalue weighted by Crippen LogP contribution is 2.26. The van der Waals surface area contributed by atoms with Gasteiger partial charge in [-0.25, -0.2) is 12.7 Å². The molecule has 2 rings (SSSR count). The summed E-state index contributed by atoms with van der Waals surface area (Å²) in [5.41, 5.74) is 3.47. The van der Waals surface area contributed by atoms with Gasteiger partial charge in [0.25, 0.3) is 5.91 Å². The Morgan fingerprint density at radius 1 is 1.19 bits per heavy atom. The maximum atomic E-state index is 13.3. The first kappa shape index (κ1) is 30.1. The number of nitrogens with one attached hydrogen (secondary N) is 2. The molecule has 0 saturated heterocycles. The minimum absolute atomic E-state index is 0.0245. The first-order valence-electron chi connectivity index (χ1n) is 12.6. The molecular formula is C27H40N4O5S. The van der Waals surface area contributed by atoms with Crippen molar-refractivity contribution in [1.82, 2.24) is 19.5 Å². The molecule has 0 aliphatic heterocycles. The Bertz CT molecular complexity index is 1260. The van der Waals surface area contributed by atoms with Crippen LogP contribution in [0, 0.1) is 6.92 Å². The molecule has 0 aliphatic carbocycles. The monoisotopic (exact) mass is 532 g/mol. The van der Waals surface area contributed by atoms with Gasteiger partial charge in [-0.15, -0.1) is 0 Å². The van der Waals surface area contributed by atoms with Crippen LogP contribution in [0.5, 0.6) is 0 Å². The quantitative estimate of drug-likeness (QED) is 0.120. The van der Waals surface area contributed by atoms with Crippen molar-refractivity contribution >= 4 is 33.1 Å². The molecule has 0 bridgehead atoms. The Hall–Kier alpha value is -3.11. The number of sulfonamides is 1. The zero-order valence-corrected chi connectivity index (χ0v) is 23.6. The number of methoxy groups -OCH3 is 1. The topological polar surface area (TPSA) is 110 Å². The van der Waals surface area contributed by atoms with Crippen LogP contribution in [-0.4, -0.2) is 69.0 Å². The molecule has 0 unspecified atom stereocenters. The molecule has 2 N–H and O–H groups in total. The number of allylic oxidation sites excluding steroid dienone is 2. The van der Waals surface area contributed by atoms with Crippen molar-refractivity contribution in [1.29, 1.82) is 0 Å². The van der Waals surface area contributed by atoms with Gasteiger partial charge >= 0.3 is 0 Å². The third-order valence-electron chi connectivity index (χ3n) is 6.47. The van der Waals surface area contributed by atoms with E-state index in [2.05, 4.69) is 15.2 Å². The van der Waals surface area contributed by atoms with E-state index in [0.29, 0.717) is 49.2 Å². The first-order chi connectivity index (χ1) is 17.6. The molecule has 0 saturated carbocycles. The van der Waals surface area contributed by atoms with E-state index in [9.17, 15) is 18.0 Å². The van der Waals surface area contributed by atoms with Gasteiger partial charge in [-0.3, -0.25) is 9.59 Å². The Balaban J connectivity index is 2.24. The van der Waals surface area contributed by atoms with E-state index < -0.39 is 10.0 Å². The van der Waals surface area contributed by atoms with Crippen molar-refractivity contribution in [2.75, 3.05) is 39.5 Å². The number of fused-ring (bicyclic) bond motifs is 1. The molecule has 204 valence electrons. The molecule has 0 atom stereocenters. The van der Waals surface area contributed by atoms with Crippen LogP contribution >= 0.6 is 0 Å². The summed E-state index contributed by atoms with van der Waals surface area (Å²) in [6, 6.07) is 7.71. The lowest BCUT2D eigenvalue weighted by Crippen LogP contribution is -2.33. The Morgan fingerprint density at radius 3 is 2.49 bits per heavy atom. The van der Waals surface area contributed by atoms with Gasteiger partial charge in [-0.1, -0.05) is 25.1 Å². The van der Waals surface area contributed by atoms with Gasteiger partial charge in [0.05, 0.1) is 30.5 Å². The summed E-state index contributed by atoms with van der Waals surface area (Å²) < 4.78 is 33.4. The highest BCUT2D eigenvalue weighted by molar-refractivity contribution is 7.89. The maximum Gasteiger partial charge on any atom is 0.254 e. The maximum absolute atomic E-state index is 13.3. The SMILES string of the molecule is CCN(CCCCn1c(C)c(C(=O)NC/C(C=O)=C(/C=C(/C)NC)OC)c2ccccc21)S(=O)(=O)CC. The number of aldehydes is 1. The van der Waals surface area contributed by atoms with Crippen LogP contribution in [0.3, 0.4) is 0 Å². The van der Waals surface area contributed by atoms with Gasteiger partial charge in [-0.2, -0.15) is 0 Å². The number of carbonyl (C=O) groups is 2. The third-order valence-corrected chi connectivity index (χ3v) is 8.43. The van der Waals surface area contributed by atoms with Gasteiger partial charge in [-0.05, 0) is 45.8 Å². The van der Waals surface area contributed by atoms with Gasteiger partial charge < -0.3 is 19.9 Å². The van der Waals surface area contributed by atoms with Crippen molar-refractivity contribution in [3.63, 3.8) is 0 Å². The van der Waals surface area contributed by atoms with Gasteiger partial charge in [0.1, 0.15) is 5.76 Å². The Labute approximate surface area is 220 Å². The number of unbranched alkanes of at least 4 members (excludes halogenated alkanes) is 1. The average Bonchev–Trinajstić information content (AvgIpc) is 3.18. The molecule has 9 nitrogen and oxygen atoms in total. The van der Waals surface area contributed by atoms with E-state index >= 15 is 0 Å². The average molecular weight is 533 g/mol. The standard InChI is InChI=1S/C27H40N4O5S/c1-7-30(37(34,35)8-2)15-11-12-16-31-21(4)26(23-13-9-10-14-24(23)31)27(33)29-18-22(19-32)25(36-6)17-20(3)28-5/h9-10,13-14,17,19,28H,7-8,11-12,15-16,18H2,1-6H3,(H,29,33)/b20-17-,25-22+. The summed E-state index contributed by atoms with van der Waals surface area (Å²) in [5, 5.41) is 6.68. The minimum atomic E-state index is -3.21. The number of ether oxygens (including phenoxy) is 1. The van der Waals surface area contributed by atoms with Crippen molar-refractivity contribution in [3.05, 3.63) is 58.6 Å². The molecule has 2 aromatic rings. The highest BCUT2D eigenvalue weighted by Gasteiger charge is 2.21. The number of aryl methyl sites for hydroxylation is 1. The molecule has 37 heavy (non-hydrogen) atoms. The fourth-order valence-corrected chi connectivity index (χ4v) is 5.41. The number of carbonyl (C=O) groups excluding carboxylic acids is 2. The molecule has 0 spiro atoms. The largest absolute Gasteiger partial charge is 0.496 e. The summed E-state index contributed by atoms with van der Waals surface area (Å²) in [7, 11) is 0.0436. The lowest BCUT2D eigenvalue weighted by atomic mass is 10.1. The van der Waals surface area contributed by atoms with E-state index in [4.69, 9.17) is 4.74 Å². The molecule has 10 heteroatoms. The van der Waals surface area contributed by atoms with Crippen LogP contribution < -0.4 is 10.6 Å². The third kappa shape index (κ3) is 7.45. The van der Waals surface area contributed by atoms with E-state index in [-0.39, 0.29) is 18.2 Å². The minimum Gasteiger partial charge on any atom is -0.496 e. The molecule has 1 amide bonds. The zero-order valence-electron chi connectivity index (χ0n) is 22.8. The lowest BCUT2D eigenvalue weighted by molar-refractivity contribution is -0.105. The van der Waals surface area contributed by atoms with Gasteiger partial charge in [0.15, 0.2) is 6.29 Å². The van der Waals surface area contributed by atoms with E-state index in [1.165, 1.54) is 11.4 Å². The summed E-state index contributed by atoms with van der Waals surface area (Å²) >= 11 is 0. The van der Waals surface area contributed by atoms with Crippen molar-refractivity contribution in [2.45, 2.75) is 47.1 Å². The first-order valence-corrected chi connectivity index (χ1v) is 14.2. The molecular weight excluding hydrogens is 492 g/mol. The predicted octanol–water partition coefficient (Wildman–Crippen LogP) is 3.35.